The fraction of sp³-hybridized carbons (Fsp3) is 0.385. The predicted molar refractivity (Wildman–Crippen MR) is 76.6 cm³/mol. The zero-order valence-corrected chi connectivity index (χ0v) is 12.3. The second-order valence-corrected chi connectivity index (χ2v) is 4.41. The van der Waals surface area contributed by atoms with E-state index in [0.717, 1.165) is 0 Å². The molecule has 0 aliphatic heterocycles. The molecule has 2 rings (SSSR count). The first-order valence-corrected chi connectivity index (χ1v) is 6.72. The van der Waals surface area contributed by atoms with Gasteiger partial charge in [0, 0.05) is 19.2 Å². The van der Waals surface area contributed by atoms with Gasteiger partial charge in [0.2, 0.25) is 12.7 Å². The Bertz CT molecular complexity index is 691. The first-order valence-electron chi connectivity index (χ1n) is 6.72. The summed E-state index contributed by atoms with van der Waals surface area (Å²) in [4.78, 5) is 14.5. The van der Waals surface area contributed by atoms with Gasteiger partial charge >= 0.3 is 11.6 Å². The number of hydrogen-bond donors (Lipinski definition) is 1. The van der Waals surface area contributed by atoms with Gasteiger partial charge in [0.05, 0.1) is 11.5 Å². The van der Waals surface area contributed by atoms with Crippen molar-refractivity contribution in [3.05, 3.63) is 34.1 Å². The largest absolute Gasteiger partial charge is 0.472 e. The molecular formula is C13H15FN4O5. The number of ether oxygens (including phenoxy) is 2. The Labute approximate surface area is 130 Å². The maximum absolute atomic E-state index is 12.4. The highest BCUT2D eigenvalue weighted by molar-refractivity contribution is 5.52. The van der Waals surface area contributed by atoms with Gasteiger partial charge in [-0.25, -0.2) is 14.1 Å². The summed E-state index contributed by atoms with van der Waals surface area (Å²) < 4.78 is 23.7. The number of hydrogen-bond acceptors (Lipinski definition) is 7. The van der Waals surface area contributed by atoms with Gasteiger partial charge in [0.15, 0.2) is 0 Å². The number of nitrogens with zero attached hydrogens (tertiary/aromatic N) is 4. The summed E-state index contributed by atoms with van der Waals surface area (Å²) in [6.45, 7) is 0.363. The van der Waals surface area contributed by atoms with Gasteiger partial charge in [-0.1, -0.05) is 0 Å². The van der Waals surface area contributed by atoms with Crippen LogP contribution in [0.5, 0.6) is 11.8 Å². The van der Waals surface area contributed by atoms with E-state index in [0.29, 0.717) is 6.42 Å². The zero-order chi connectivity index (χ0) is 16.8. The average molecular weight is 326 g/mol. The lowest BCUT2D eigenvalue weighted by atomic mass is 10.3. The number of aromatic nitrogens is 3. The van der Waals surface area contributed by atoms with Crippen molar-refractivity contribution in [1.29, 1.82) is 0 Å². The average Bonchev–Trinajstić information content (AvgIpc) is 2.85. The minimum absolute atomic E-state index is 0.0441. The lowest BCUT2D eigenvalue weighted by Crippen LogP contribution is -2.05. The fourth-order valence-corrected chi connectivity index (χ4v) is 1.95. The number of nitro groups is 1. The van der Waals surface area contributed by atoms with E-state index < -0.39 is 11.8 Å². The lowest BCUT2D eigenvalue weighted by Gasteiger charge is -2.08. The molecular weight excluding hydrogens is 311 g/mol. The van der Waals surface area contributed by atoms with Gasteiger partial charge < -0.3 is 14.6 Å². The van der Waals surface area contributed by atoms with Crippen molar-refractivity contribution in [2.75, 3.05) is 20.1 Å². The van der Waals surface area contributed by atoms with Crippen molar-refractivity contribution in [3.63, 3.8) is 0 Å². The summed E-state index contributed by atoms with van der Waals surface area (Å²) in [5, 5.41) is 24.0. The molecule has 0 unspecified atom stereocenters. The van der Waals surface area contributed by atoms with E-state index in [-0.39, 0.29) is 42.0 Å². The van der Waals surface area contributed by atoms with Crippen LogP contribution in [0.1, 0.15) is 12.1 Å². The summed E-state index contributed by atoms with van der Waals surface area (Å²) in [6, 6.07) is 3.11. The maximum Gasteiger partial charge on any atom is 0.353 e. The van der Waals surface area contributed by atoms with E-state index in [9.17, 15) is 14.5 Å². The van der Waals surface area contributed by atoms with Crippen molar-refractivity contribution in [1.82, 2.24) is 14.8 Å². The molecule has 0 radical (unpaired) electrons. The predicted octanol–water partition coefficient (Wildman–Crippen LogP) is 1.55. The lowest BCUT2D eigenvalue weighted by molar-refractivity contribution is -0.386. The Kier molecular flexibility index (Phi) is 5.41. The fourth-order valence-electron chi connectivity index (χ4n) is 1.95. The number of aliphatic hydroxyl groups excluding tert-OH is 1. The van der Waals surface area contributed by atoms with E-state index in [4.69, 9.17) is 14.6 Å². The molecule has 9 nitrogen and oxygen atoms in total. The van der Waals surface area contributed by atoms with E-state index in [2.05, 4.69) is 10.1 Å². The van der Waals surface area contributed by atoms with E-state index in [1.165, 1.54) is 17.8 Å². The van der Waals surface area contributed by atoms with Crippen LogP contribution in [0.25, 0.3) is 5.69 Å². The zero-order valence-electron chi connectivity index (χ0n) is 12.3. The highest BCUT2D eigenvalue weighted by Crippen LogP contribution is 2.33. The van der Waals surface area contributed by atoms with E-state index >= 15 is 0 Å². The summed E-state index contributed by atoms with van der Waals surface area (Å²) in [5.41, 5.74) is 0.131. The highest BCUT2D eigenvalue weighted by atomic mass is 19.1. The van der Waals surface area contributed by atoms with Crippen molar-refractivity contribution >= 4 is 5.69 Å². The van der Waals surface area contributed by atoms with Gasteiger partial charge in [-0.2, -0.15) is 0 Å². The van der Waals surface area contributed by atoms with E-state index in [1.54, 1.807) is 12.1 Å². The standard InChI is InChI=1S/C13H15FN4O5/c1-9-11(18(20)21)13(22-7-3-6-19)16-17(9)10-4-2-5-15-12(10)23-8-14/h2,4-5,19H,3,6-8H2,1H3. The third kappa shape index (κ3) is 3.54. The van der Waals surface area contributed by atoms with Crippen LogP contribution in [0, 0.1) is 17.0 Å². The molecule has 0 fully saturated rings. The van der Waals surface area contributed by atoms with Crippen molar-refractivity contribution in [2.45, 2.75) is 13.3 Å². The Hall–Kier alpha value is -2.75. The molecule has 10 heteroatoms. The molecule has 2 heterocycles. The molecule has 0 aromatic carbocycles. The quantitative estimate of drug-likeness (QED) is 0.445. The van der Waals surface area contributed by atoms with Crippen molar-refractivity contribution in [2.24, 2.45) is 0 Å². The topological polar surface area (TPSA) is 113 Å². The third-order valence-electron chi connectivity index (χ3n) is 2.95. The van der Waals surface area contributed by atoms with Crippen molar-refractivity contribution < 1.29 is 23.9 Å². The minimum atomic E-state index is -1.09. The summed E-state index contributed by atoms with van der Waals surface area (Å²) in [6.07, 6.45) is 1.71. The SMILES string of the molecule is Cc1c([N+](=O)[O-])c(OCCCO)nn1-c1cccnc1OCF. The number of alkyl halides is 1. The molecule has 124 valence electrons. The van der Waals surface area contributed by atoms with Crippen LogP contribution in [-0.4, -0.2) is 44.9 Å². The molecule has 23 heavy (non-hydrogen) atoms. The molecule has 0 saturated carbocycles. The van der Waals surface area contributed by atoms with Crippen LogP contribution in [0.2, 0.25) is 0 Å². The molecule has 0 aliphatic rings. The summed E-state index contributed by atoms with van der Waals surface area (Å²) in [7, 11) is 0. The number of pyridine rings is 1. The molecule has 0 saturated heterocycles. The number of aliphatic hydroxyl groups is 1. The number of halogens is 1. The van der Waals surface area contributed by atoms with Gasteiger partial charge in [-0.05, 0) is 19.1 Å². The monoisotopic (exact) mass is 326 g/mol. The summed E-state index contributed by atoms with van der Waals surface area (Å²) >= 11 is 0. The Morgan fingerprint density at radius 1 is 1.43 bits per heavy atom. The first kappa shape index (κ1) is 16.6. The highest BCUT2D eigenvalue weighted by Gasteiger charge is 2.28. The normalized spacial score (nSPS) is 10.6. The van der Waals surface area contributed by atoms with Crippen molar-refractivity contribution in [3.8, 4) is 17.4 Å². The molecule has 1 N–H and O–H groups in total. The molecule has 0 amide bonds. The van der Waals surface area contributed by atoms with Gasteiger partial charge in [0.1, 0.15) is 11.4 Å². The first-order chi connectivity index (χ1) is 11.1. The van der Waals surface area contributed by atoms with Crippen LogP contribution in [0.15, 0.2) is 18.3 Å². The Morgan fingerprint density at radius 3 is 2.87 bits per heavy atom. The Balaban J connectivity index is 2.47. The second kappa shape index (κ2) is 7.49. The Morgan fingerprint density at radius 2 is 2.22 bits per heavy atom. The van der Waals surface area contributed by atoms with Crippen LogP contribution in [0.3, 0.4) is 0 Å². The smallest absolute Gasteiger partial charge is 0.353 e. The molecule has 0 bridgehead atoms. The van der Waals surface area contributed by atoms with Gasteiger partial charge in [-0.15, -0.1) is 5.10 Å². The van der Waals surface area contributed by atoms with Crippen LogP contribution in [0.4, 0.5) is 10.1 Å². The molecule has 0 atom stereocenters. The maximum atomic E-state index is 12.4. The third-order valence-corrected chi connectivity index (χ3v) is 2.95. The van der Waals surface area contributed by atoms with Crippen LogP contribution >= 0.6 is 0 Å². The van der Waals surface area contributed by atoms with Crippen LogP contribution < -0.4 is 9.47 Å². The van der Waals surface area contributed by atoms with Gasteiger partial charge in [-0.3, -0.25) is 10.1 Å². The second-order valence-electron chi connectivity index (χ2n) is 4.41. The minimum Gasteiger partial charge on any atom is -0.472 e. The van der Waals surface area contributed by atoms with E-state index in [1.807, 2.05) is 0 Å². The van der Waals surface area contributed by atoms with Gasteiger partial charge in [0.25, 0.3) is 0 Å². The molecule has 0 aliphatic carbocycles. The van der Waals surface area contributed by atoms with Crippen LogP contribution in [-0.2, 0) is 0 Å². The molecule has 2 aromatic rings. The summed E-state index contributed by atoms with van der Waals surface area (Å²) in [5.74, 6) is -0.228. The molecule has 0 spiro atoms. The molecule has 2 aromatic heterocycles. The number of rotatable bonds is 8.